The van der Waals surface area contributed by atoms with Crippen LogP contribution in [0, 0.1) is 17.8 Å². The lowest BCUT2D eigenvalue weighted by molar-refractivity contribution is -0.138. The highest BCUT2D eigenvalue weighted by atomic mass is 35.5. The van der Waals surface area contributed by atoms with Crippen LogP contribution >= 0.6 is 11.6 Å². The number of halogens is 1. The summed E-state index contributed by atoms with van der Waals surface area (Å²) in [6, 6.07) is 13.3. The first-order valence-electron chi connectivity index (χ1n) is 11.3. The van der Waals surface area contributed by atoms with E-state index in [-0.39, 0.29) is 24.2 Å². The van der Waals surface area contributed by atoms with E-state index in [0.29, 0.717) is 23.3 Å². The van der Waals surface area contributed by atoms with Gasteiger partial charge in [0.25, 0.3) is 0 Å². The molecule has 1 aliphatic carbocycles. The van der Waals surface area contributed by atoms with Gasteiger partial charge in [-0.25, -0.2) is 0 Å². The van der Waals surface area contributed by atoms with Crippen molar-refractivity contribution in [3.63, 3.8) is 0 Å². The minimum absolute atomic E-state index is 0.0112. The Hall–Kier alpha value is -2.53. The summed E-state index contributed by atoms with van der Waals surface area (Å²) in [5.74, 6) is -0.256. The van der Waals surface area contributed by atoms with Crippen molar-refractivity contribution >= 4 is 34.9 Å². The molecular formula is C26H33ClN2O3. The minimum atomic E-state index is -0.756. The smallest absolute Gasteiger partial charge is 0.307 e. The number of aliphatic carboxylic acids is 1. The number of hydrogen-bond acceptors (Lipinski definition) is 3. The molecule has 2 atom stereocenters. The molecule has 32 heavy (non-hydrogen) atoms. The fourth-order valence-corrected chi connectivity index (χ4v) is 4.26. The van der Waals surface area contributed by atoms with Crippen molar-refractivity contribution in [2.45, 2.75) is 46.5 Å². The van der Waals surface area contributed by atoms with Gasteiger partial charge in [-0.1, -0.05) is 57.5 Å². The summed E-state index contributed by atoms with van der Waals surface area (Å²) in [7, 11) is 0. The van der Waals surface area contributed by atoms with Gasteiger partial charge >= 0.3 is 5.97 Å². The van der Waals surface area contributed by atoms with Crippen molar-refractivity contribution < 1.29 is 14.7 Å². The van der Waals surface area contributed by atoms with Crippen LogP contribution in [0.25, 0.3) is 0 Å². The van der Waals surface area contributed by atoms with E-state index in [2.05, 4.69) is 37.9 Å². The zero-order valence-electron chi connectivity index (χ0n) is 19.3. The summed E-state index contributed by atoms with van der Waals surface area (Å²) < 4.78 is 0. The molecule has 1 amide bonds. The monoisotopic (exact) mass is 456 g/mol. The van der Waals surface area contributed by atoms with Crippen LogP contribution in [0.15, 0.2) is 42.5 Å². The largest absolute Gasteiger partial charge is 0.481 e. The Morgan fingerprint density at radius 1 is 1.06 bits per heavy atom. The topological polar surface area (TPSA) is 69.6 Å². The van der Waals surface area contributed by atoms with Crippen molar-refractivity contribution in [1.29, 1.82) is 0 Å². The van der Waals surface area contributed by atoms with E-state index in [4.69, 9.17) is 11.6 Å². The first-order valence-corrected chi connectivity index (χ1v) is 11.7. The van der Waals surface area contributed by atoms with Gasteiger partial charge in [0.15, 0.2) is 0 Å². The Labute approximate surface area is 195 Å². The minimum Gasteiger partial charge on any atom is -0.481 e. The number of hydrogen-bond donors (Lipinski definition) is 2. The third kappa shape index (κ3) is 6.49. The molecule has 2 aromatic rings. The molecule has 6 heteroatoms. The molecule has 2 unspecified atom stereocenters. The van der Waals surface area contributed by atoms with Crippen molar-refractivity contribution in [2.24, 2.45) is 17.8 Å². The highest BCUT2D eigenvalue weighted by Gasteiger charge is 2.44. The van der Waals surface area contributed by atoms with Gasteiger partial charge in [-0.05, 0) is 59.6 Å². The van der Waals surface area contributed by atoms with Gasteiger partial charge in [-0.3, -0.25) is 9.59 Å². The van der Waals surface area contributed by atoms with Gasteiger partial charge in [0.1, 0.15) is 0 Å². The van der Waals surface area contributed by atoms with Crippen LogP contribution in [0.2, 0.25) is 5.02 Å². The Kier molecular flexibility index (Phi) is 7.83. The number of amides is 1. The lowest BCUT2D eigenvalue weighted by Crippen LogP contribution is -2.32. The first-order chi connectivity index (χ1) is 15.1. The number of carboxylic acid groups (broad SMARTS) is 1. The predicted octanol–water partition coefficient (Wildman–Crippen LogP) is 5.83. The Balaban J connectivity index is 1.88. The van der Waals surface area contributed by atoms with Crippen molar-refractivity contribution in [3.8, 4) is 0 Å². The van der Waals surface area contributed by atoms with E-state index in [1.165, 1.54) is 0 Å². The summed E-state index contributed by atoms with van der Waals surface area (Å²) in [4.78, 5) is 26.6. The summed E-state index contributed by atoms with van der Waals surface area (Å²) >= 11 is 5.96. The Bertz CT molecular complexity index is 946. The number of carbonyl (C=O) groups is 2. The van der Waals surface area contributed by atoms with Crippen LogP contribution in [0.3, 0.4) is 0 Å². The van der Waals surface area contributed by atoms with Crippen molar-refractivity contribution in [3.05, 3.63) is 58.6 Å². The van der Waals surface area contributed by atoms with E-state index >= 15 is 0 Å². The third-order valence-electron chi connectivity index (χ3n) is 5.62. The van der Waals surface area contributed by atoms with Crippen LogP contribution in [0.1, 0.15) is 51.2 Å². The van der Waals surface area contributed by atoms with Crippen LogP contribution in [-0.2, 0) is 16.0 Å². The van der Waals surface area contributed by atoms with E-state index < -0.39 is 5.97 Å². The summed E-state index contributed by atoms with van der Waals surface area (Å²) in [5, 5.41) is 13.1. The van der Waals surface area contributed by atoms with Gasteiger partial charge in [0, 0.05) is 18.1 Å². The van der Waals surface area contributed by atoms with Gasteiger partial charge in [0.05, 0.1) is 23.7 Å². The number of carbonyl (C=O) groups excluding carboxylic acids is 1. The van der Waals surface area contributed by atoms with E-state index in [1.54, 1.807) is 12.1 Å². The molecule has 0 bridgehead atoms. The predicted molar refractivity (Wildman–Crippen MR) is 131 cm³/mol. The summed E-state index contributed by atoms with van der Waals surface area (Å²) in [6.07, 6.45) is 0.894. The molecule has 1 saturated carbocycles. The molecule has 1 fully saturated rings. The number of carboxylic acids is 1. The highest BCUT2D eigenvalue weighted by Crippen LogP contribution is 2.49. The average Bonchev–Trinajstić information content (AvgIpc) is 3.50. The van der Waals surface area contributed by atoms with E-state index in [0.717, 1.165) is 35.6 Å². The second kappa shape index (κ2) is 10.4. The van der Waals surface area contributed by atoms with Crippen LogP contribution in [0.5, 0.6) is 0 Å². The number of rotatable bonds is 10. The molecule has 0 heterocycles. The maximum Gasteiger partial charge on any atom is 0.307 e. The van der Waals surface area contributed by atoms with E-state index in [9.17, 15) is 14.7 Å². The fraction of sp³-hybridized carbons (Fsp3) is 0.462. The van der Waals surface area contributed by atoms with Gasteiger partial charge in [-0.2, -0.15) is 0 Å². The third-order valence-corrected chi connectivity index (χ3v) is 5.87. The first kappa shape index (κ1) is 24.1. The molecule has 172 valence electrons. The zero-order valence-corrected chi connectivity index (χ0v) is 20.0. The SMILES string of the molecule is CC(C)CN(CC(C)C)c1ccc(C2CC2C(=O)O)cc1NC(=O)Cc1ccc(Cl)cc1. The van der Waals surface area contributed by atoms with Crippen molar-refractivity contribution in [1.82, 2.24) is 0 Å². The van der Waals surface area contributed by atoms with Crippen molar-refractivity contribution in [2.75, 3.05) is 23.3 Å². The quantitative estimate of drug-likeness (QED) is 0.472. The van der Waals surface area contributed by atoms with E-state index in [1.807, 2.05) is 30.3 Å². The number of nitrogens with one attached hydrogen (secondary N) is 1. The lowest BCUT2D eigenvalue weighted by Gasteiger charge is -2.31. The van der Waals surface area contributed by atoms with Gasteiger partial charge < -0.3 is 15.3 Å². The standard InChI is InChI=1S/C26H33ClN2O3/c1-16(2)14-29(15-17(3)4)24-10-7-19(21-13-22(21)26(31)32)12-23(24)28-25(30)11-18-5-8-20(27)9-6-18/h5-10,12,16-17,21-22H,11,13-15H2,1-4H3,(H,28,30)(H,31,32). The fourth-order valence-electron chi connectivity index (χ4n) is 4.13. The second-order valence-corrected chi connectivity index (χ2v) is 10.0. The Morgan fingerprint density at radius 3 is 2.22 bits per heavy atom. The highest BCUT2D eigenvalue weighted by molar-refractivity contribution is 6.30. The normalized spacial score (nSPS) is 17.5. The maximum atomic E-state index is 12.9. The van der Waals surface area contributed by atoms with Crippen LogP contribution < -0.4 is 10.2 Å². The summed E-state index contributed by atoms with van der Waals surface area (Å²) in [6.45, 7) is 10.5. The molecule has 0 radical (unpaired) electrons. The molecule has 2 N–H and O–H groups in total. The molecule has 3 rings (SSSR count). The molecular weight excluding hydrogens is 424 g/mol. The molecule has 0 saturated heterocycles. The number of benzene rings is 2. The lowest BCUT2D eigenvalue weighted by atomic mass is 10.0. The maximum absolute atomic E-state index is 12.9. The second-order valence-electron chi connectivity index (χ2n) is 9.61. The van der Waals surface area contributed by atoms with Gasteiger partial charge in [0.2, 0.25) is 5.91 Å². The number of anilines is 2. The molecule has 5 nitrogen and oxygen atoms in total. The zero-order chi connectivity index (χ0) is 23.4. The van der Waals surface area contributed by atoms with Crippen LogP contribution in [0.4, 0.5) is 11.4 Å². The molecule has 2 aromatic carbocycles. The molecule has 0 aromatic heterocycles. The molecule has 1 aliphatic rings. The molecule has 0 aliphatic heterocycles. The Morgan fingerprint density at radius 2 is 1.69 bits per heavy atom. The number of nitrogens with zero attached hydrogens (tertiary/aromatic N) is 1. The van der Waals surface area contributed by atoms with Crippen LogP contribution in [-0.4, -0.2) is 30.1 Å². The van der Waals surface area contributed by atoms with Gasteiger partial charge in [-0.15, -0.1) is 0 Å². The molecule has 0 spiro atoms. The summed E-state index contributed by atoms with van der Waals surface area (Å²) in [5.41, 5.74) is 3.59. The average molecular weight is 457 g/mol.